The number of nitrogens with one attached hydrogen (secondary N) is 1. The molecule has 1 N–H and O–H groups in total. The van der Waals surface area contributed by atoms with Crippen LogP contribution in [-0.2, 0) is 9.53 Å². The highest BCUT2D eigenvalue weighted by Crippen LogP contribution is 2.53. The predicted octanol–water partition coefficient (Wildman–Crippen LogP) is 2.47. The number of aromatic nitrogens is 1. The largest absolute Gasteiger partial charge is 0.449 e. The van der Waals surface area contributed by atoms with Gasteiger partial charge in [-0.05, 0) is 55.1 Å². The fraction of sp³-hybridized carbons (Fsp3) is 0.591. The van der Waals surface area contributed by atoms with Gasteiger partial charge in [-0.25, -0.2) is 0 Å². The van der Waals surface area contributed by atoms with E-state index < -0.39 is 0 Å². The molecule has 1 aliphatic carbocycles. The number of fused-ring (bicyclic) bond motifs is 2. The molecule has 0 spiro atoms. The summed E-state index contributed by atoms with van der Waals surface area (Å²) in [6, 6.07) is 3.58. The van der Waals surface area contributed by atoms with Crippen LogP contribution in [0.3, 0.4) is 0 Å². The number of amides is 2. The van der Waals surface area contributed by atoms with Crippen molar-refractivity contribution in [3.8, 4) is 0 Å². The van der Waals surface area contributed by atoms with E-state index >= 15 is 0 Å². The van der Waals surface area contributed by atoms with Crippen molar-refractivity contribution in [2.45, 2.75) is 25.7 Å². The zero-order chi connectivity index (χ0) is 19.8. The molecule has 1 saturated carbocycles. The lowest BCUT2D eigenvalue weighted by Gasteiger charge is -2.25. The van der Waals surface area contributed by atoms with Gasteiger partial charge in [0.2, 0.25) is 5.91 Å². The Labute approximate surface area is 169 Å². The molecule has 3 atom stereocenters. The van der Waals surface area contributed by atoms with Gasteiger partial charge in [-0.2, -0.15) is 0 Å². The number of furan rings is 1. The smallest absolute Gasteiger partial charge is 0.287 e. The molecule has 0 aromatic carbocycles. The molecule has 4 heterocycles. The maximum atomic E-state index is 12.5. The molecule has 5 rings (SSSR count). The van der Waals surface area contributed by atoms with Gasteiger partial charge in [-0.15, -0.1) is 0 Å². The second-order valence-electron chi connectivity index (χ2n) is 8.62. The Kier molecular flexibility index (Phi) is 4.99. The van der Waals surface area contributed by atoms with E-state index in [1.807, 2.05) is 6.07 Å². The van der Waals surface area contributed by atoms with Crippen LogP contribution in [0.5, 0.6) is 0 Å². The second-order valence-corrected chi connectivity index (χ2v) is 8.62. The minimum absolute atomic E-state index is 0.180. The lowest BCUT2D eigenvalue weighted by molar-refractivity contribution is -0.132. The zero-order valence-electron chi connectivity index (χ0n) is 16.5. The van der Waals surface area contributed by atoms with Crippen molar-refractivity contribution in [1.82, 2.24) is 15.2 Å². The molecule has 7 nitrogen and oxygen atoms in total. The van der Waals surface area contributed by atoms with Crippen LogP contribution in [0, 0.1) is 23.7 Å². The van der Waals surface area contributed by atoms with Crippen molar-refractivity contribution in [2.24, 2.45) is 23.7 Å². The molecule has 2 aliphatic heterocycles. The molecule has 7 heteroatoms. The predicted molar refractivity (Wildman–Crippen MR) is 106 cm³/mol. The zero-order valence-corrected chi connectivity index (χ0v) is 16.5. The van der Waals surface area contributed by atoms with E-state index in [-0.39, 0.29) is 5.91 Å². The van der Waals surface area contributed by atoms with Crippen LogP contribution in [0.15, 0.2) is 28.9 Å². The molecule has 0 radical (unpaired) electrons. The summed E-state index contributed by atoms with van der Waals surface area (Å²) in [4.78, 5) is 30.9. The Hall–Kier alpha value is -2.41. The molecular formula is C22H27N3O4. The highest BCUT2D eigenvalue weighted by atomic mass is 16.5. The molecule has 2 aromatic heterocycles. The Balaban J connectivity index is 1.04. The van der Waals surface area contributed by atoms with Gasteiger partial charge >= 0.3 is 0 Å². The molecule has 2 amide bonds. The third-order valence-electron chi connectivity index (χ3n) is 6.84. The second kappa shape index (κ2) is 7.78. The van der Waals surface area contributed by atoms with Gasteiger partial charge in [0, 0.05) is 50.9 Å². The molecule has 0 bridgehead atoms. The van der Waals surface area contributed by atoms with Crippen molar-refractivity contribution >= 4 is 22.8 Å². The van der Waals surface area contributed by atoms with E-state index in [4.69, 9.17) is 9.15 Å². The number of carbonyl (C=O) groups is 2. The van der Waals surface area contributed by atoms with Gasteiger partial charge in [0.15, 0.2) is 11.3 Å². The van der Waals surface area contributed by atoms with Crippen molar-refractivity contribution in [1.29, 1.82) is 0 Å². The molecule has 29 heavy (non-hydrogen) atoms. The Morgan fingerprint density at radius 1 is 1.21 bits per heavy atom. The van der Waals surface area contributed by atoms with E-state index in [0.29, 0.717) is 53.9 Å². The third kappa shape index (κ3) is 3.88. The average molecular weight is 397 g/mol. The van der Waals surface area contributed by atoms with Crippen molar-refractivity contribution in [3.05, 3.63) is 30.3 Å². The first-order chi connectivity index (χ1) is 14.2. The van der Waals surface area contributed by atoms with E-state index in [1.54, 1.807) is 18.5 Å². The summed E-state index contributed by atoms with van der Waals surface area (Å²) in [5, 5.41) is 3.85. The van der Waals surface area contributed by atoms with Gasteiger partial charge in [-0.1, -0.05) is 0 Å². The average Bonchev–Trinajstić information content (AvgIpc) is 3.11. The summed E-state index contributed by atoms with van der Waals surface area (Å²) in [6.07, 6.45) is 6.96. The van der Waals surface area contributed by atoms with Gasteiger partial charge < -0.3 is 19.4 Å². The first-order valence-corrected chi connectivity index (χ1v) is 10.7. The molecule has 0 unspecified atom stereocenters. The van der Waals surface area contributed by atoms with Crippen molar-refractivity contribution in [3.63, 3.8) is 0 Å². The summed E-state index contributed by atoms with van der Waals surface area (Å²) in [6.45, 7) is 4.01. The summed E-state index contributed by atoms with van der Waals surface area (Å²) in [5.41, 5.74) is 0.625. The Bertz CT molecular complexity index is 859. The summed E-state index contributed by atoms with van der Waals surface area (Å²) in [7, 11) is 0. The number of likely N-dealkylation sites (tertiary alicyclic amines) is 1. The normalized spacial score (nSPS) is 26.5. The van der Waals surface area contributed by atoms with E-state index in [2.05, 4.69) is 15.2 Å². The van der Waals surface area contributed by atoms with Crippen molar-refractivity contribution < 1.29 is 18.7 Å². The monoisotopic (exact) mass is 397 g/mol. The topological polar surface area (TPSA) is 84.7 Å². The molecule has 3 fully saturated rings. The fourth-order valence-electron chi connectivity index (χ4n) is 5.04. The van der Waals surface area contributed by atoms with Crippen LogP contribution in [0.25, 0.3) is 11.0 Å². The number of rotatable bonds is 6. The maximum absolute atomic E-state index is 12.5. The minimum Gasteiger partial charge on any atom is -0.449 e. The van der Waals surface area contributed by atoms with E-state index in [1.165, 1.54) is 0 Å². The van der Waals surface area contributed by atoms with Crippen LogP contribution in [0.4, 0.5) is 0 Å². The standard InChI is InChI=1S/C22H27N3O4/c26-21(9-14-3-7-28-8-4-14)25-12-17-16(18(17)13-25)2-6-24-22(27)19-10-15-1-5-23-11-20(15)29-19/h1,5,10-11,14,16-18H,2-4,6-9,12-13H2,(H,24,27)/t16-,17-,18+. The van der Waals surface area contributed by atoms with Crippen molar-refractivity contribution in [2.75, 3.05) is 32.8 Å². The highest BCUT2D eigenvalue weighted by molar-refractivity contribution is 5.95. The number of carbonyl (C=O) groups excluding carboxylic acids is 2. The number of pyridine rings is 1. The molecule has 2 aromatic rings. The highest BCUT2D eigenvalue weighted by Gasteiger charge is 2.55. The third-order valence-corrected chi connectivity index (χ3v) is 6.84. The fourth-order valence-corrected chi connectivity index (χ4v) is 5.04. The van der Waals surface area contributed by atoms with Crippen LogP contribution < -0.4 is 5.32 Å². The lowest BCUT2D eigenvalue weighted by atomic mass is 9.96. The van der Waals surface area contributed by atoms with E-state index in [0.717, 1.165) is 51.0 Å². The van der Waals surface area contributed by atoms with E-state index in [9.17, 15) is 9.59 Å². The van der Waals surface area contributed by atoms with Gasteiger partial charge in [0.1, 0.15) is 0 Å². The molecular weight excluding hydrogens is 370 g/mol. The van der Waals surface area contributed by atoms with Gasteiger partial charge in [0.25, 0.3) is 5.91 Å². The molecule has 154 valence electrons. The quantitative estimate of drug-likeness (QED) is 0.809. The van der Waals surface area contributed by atoms with Crippen LogP contribution in [-0.4, -0.2) is 54.5 Å². The summed E-state index contributed by atoms with van der Waals surface area (Å²) < 4.78 is 10.9. The summed E-state index contributed by atoms with van der Waals surface area (Å²) >= 11 is 0. The number of nitrogens with zero attached hydrogens (tertiary/aromatic N) is 2. The lowest BCUT2D eigenvalue weighted by Crippen LogP contribution is -2.34. The number of hydrogen-bond donors (Lipinski definition) is 1. The summed E-state index contributed by atoms with van der Waals surface area (Å²) in [5.74, 6) is 2.81. The Morgan fingerprint density at radius 2 is 2.00 bits per heavy atom. The minimum atomic E-state index is -0.180. The Morgan fingerprint density at radius 3 is 2.76 bits per heavy atom. The SMILES string of the molecule is O=C(NCC[C@@H]1[C@H]2CN(C(=O)CC3CCOCC3)C[C@@H]12)c1cc2ccncc2o1. The number of piperidine rings is 1. The maximum Gasteiger partial charge on any atom is 0.287 e. The van der Waals surface area contributed by atoms with Gasteiger partial charge in [0.05, 0.1) is 6.20 Å². The van der Waals surface area contributed by atoms with Crippen LogP contribution in [0.1, 0.15) is 36.2 Å². The van der Waals surface area contributed by atoms with Gasteiger partial charge in [-0.3, -0.25) is 14.6 Å². The first kappa shape index (κ1) is 18.6. The number of ether oxygens (including phenoxy) is 1. The molecule has 3 aliphatic rings. The van der Waals surface area contributed by atoms with Crippen LogP contribution in [0.2, 0.25) is 0 Å². The number of hydrogen-bond acceptors (Lipinski definition) is 5. The molecule has 2 saturated heterocycles. The van der Waals surface area contributed by atoms with Crippen LogP contribution >= 0.6 is 0 Å². The first-order valence-electron chi connectivity index (χ1n) is 10.7.